The quantitative estimate of drug-likeness (QED) is 0.760. The lowest BCUT2D eigenvalue weighted by molar-refractivity contribution is 0.145. The van der Waals surface area contributed by atoms with Crippen molar-refractivity contribution in [3.05, 3.63) is 11.4 Å². The highest BCUT2D eigenvalue weighted by molar-refractivity contribution is 5.10. The lowest BCUT2D eigenvalue weighted by atomic mass is 10.2. The van der Waals surface area contributed by atoms with Crippen molar-refractivity contribution >= 4 is 0 Å². The SMILES string of the molecule is CCc1c(CN)nnn1C(CC)COC. The standard InChI is InChI=1S/C10H20N4O/c1-4-8(7-15-3)14-10(5-2)9(6-11)12-13-14/h8H,4-7,11H2,1-3H3. The zero-order chi connectivity index (χ0) is 11.3. The number of hydrogen-bond acceptors (Lipinski definition) is 4. The molecule has 0 saturated carbocycles. The molecule has 0 spiro atoms. The molecule has 0 aliphatic rings. The van der Waals surface area contributed by atoms with E-state index in [0.717, 1.165) is 24.2 Å². The molecule has 1 unspecified atom stereocenters. The van der Waals surface area contributed by atoms with Gasteiger partial charge in [-0.3, -0.25) is 0 Å². The summed E-state index contributed by atoms with van der Waals surface area (Å²) in [7, 11) is 1.70. The van der Waals surface area contributed by atoms with Crippen LogP contribution in [-0.2, 0) is 17.7 Å². The summed E-state index contributed by atoms with van der Waals surface area (Å²) in [5, 5.41) is 8.24. The molecule has 1 aromatic heterocycles. The van der Waals surface area contributed by atoms with E-state index < -0.39 is 0 Å². The van der Waals surface area contributed by atoms with Crippen LogP contribution in [0.2, 0.25) is 0 Å². The van der Waals surface area contributed by atoms with Gasteiger partial charge in [-0.25, -0.2) is 4.68 Å². The molecule has 1 rings (SSSR count). The summed E-state index contributed by atoms with van der Waals surface area (Å²) in [5.41, 5.74) is 7.63. The van der Waals surface area contributed by atoms with E-state index in [1.807, 2.05) is 4.68 Å². The number of nitrogens with two attached hydrogens (primary N) is 1. The minimum Gasteiger partial charge on any atom is -0.382 e. The number of methoxy groups -OCH3 is 1. The Hall–Kier alpha value is -0.940. The first-order valence-electron chi connectivity index (χ1n) is 5.40. The molecule has 0 saturated heterocycles. The average molecular weight is 212 g/mol. The van der Waals surface area contributed by atoms with Crippen molar-refractivity contribution in [2.24, 2.45) is 5.73 Å². The minimum atomic E-state index is 0.262. The van der Waals surface area contributed by atoms with E-state index in [1.165, 1.54) is 0 Å². The predicted octanol–water partition coefficient (Wildman–Crippen LogP) is 0.897. The van der Waals surface area contributed by atoms with Crippen LogP contribution in [0.25, 0.3) is 0 Å². The zero-order valence-electron chi connectivity index (χ0n) is 9.73. The number of hydrogen-bond donors (Lipinski definition) is 1. The maximum Gasteiger partial charge on any atom is 0.0994 e. The second-order valence-corrected chi connectivity index (χ2v) is 3.50. The van der Waals surface area contributed by atoms with Crippen LogP contribution < -0.4 is 5.73 Å². The molecular formula is C10H20N4O. The fourth-order valence-corrected chi connectivity index (χ4v) is 1.72. The highest BCUT2D eigenvalue weighted by atomic mass is 16.5. The molecule has 1 aromatic rings. The van der Waals surface area contributed by atoms with Gasteiger partial charge in [0.05, 0.1) is 24.0 Å². The van der Waals surface area contributed by atoms with Crippen LogP contribution in [0.5, 0.6) is 0 Å². The first-order chi connectivity index (χ1) is 7.28. The van der Waals surface area contributed by atoms with E-state index in [0.29, 0.717) is 13.2 Å². The number of aromatic nitrogens is 3. The second kappa shape index (κ2) is 5.82. The molecule has 86 valence electrons. The van der Waals surface area contributed by atoms with Gasteiger partial charge in [0.1, 0.15) is 0 Å². The van der Waals surface area contributed by atoms with Crippen molar-refractivity contribution in [2.45, 2.75) is 39.3 Å². The van der Waals surface area contributed by atoms with E-state index in [2.05, 4.69) is 24.2 Å². The largest absolute Gasteiger partial charge is 0.382 e. The van der Waals surface area contributed by atoms with Crippen LogP contribution in [-0.4, -0.2) is 28.7 Å². The van der Waals surface area contributed by atoms with Crippen LogP contribution in [0.15, 0.2) is 0 Å². The molecule has 5 heteroatoms. The summed E-state index contributed by atoms with van der Waals surface area (Å²) >= 11 is 0. The monoisotopic (exact) mass is 212 g/mol. The number of ether oxygens (including phenoxy) is 1. The second-order valence-electron chi connectivity index (χ2n) is 3.50. The van der Waals surface area contributed by atoms with Gasteiger partial charge in [0, 0.05) is 13.7 Å². The van der Waals surface area contributed by atoms with Gasteiger partial charge in [0.25, 0.3) is 0 Å². The van der Waals surface area contributed by atoms with Gasteiger partial charge in [0.15, 0.2) is 0 Å². The predicted molar refractivity (Wildman–Crippen MR) is 58.5 cm³/mol. The highest BCUT2D eigenvalue weighted by Crippen LogP contribution is 2.16. The van der Waals surface area contributed by atoms with E-state index in [9.17, 15) is 0 Å². The van der Waals surface area contributed by atoms with Crippen molar-refractivity contribution in [3.63, 3.8) is 0 Å². The Morgan fingerprint density at radius 1 is 1.47 bits per heavy atom. The minimum absolute atomic E-state index is 0.262. The van der Waals surface area contributed by atoms with Crippen molar-refractivity contribution in [2.75, 3.05) is 13.7 Å². The van der Waals surface area contributed by atoms with Gasteiger partial charge < -0.3 is 10.5 Å². The molecular weight excluding hydrogens is 192 g/mol. The number of nitrogens with zero attached hydrogens (tertiary/aromatic N) is 3. The summed E-state index contributed by atoms with van der Waals surface area (Å²) in [5.74, 6) is 0. The van der Waals surface area contributed by atoms with E-state index in [4.69, 9.17) is 10.5 Å². The normalized spacial score (nSPS) is 13.1. The van der Waals surface area contributed by atoms with Crippen molar-refractivity contribution in [1.82, 2.24) is 15.0 Å². The Kier molecular flexibility index (Phi) is 4.71. The Bertz CT molecular complexity index is 298. The molecule has 0 bridgehead atoms. The van der Waals surface area contributed by atoms with E-state index in [1.54, 1.807) is 7.11 Å². The number of rotatable bonds is 6. The van der Waals surface area contributed by atoms with E-state index >= 15 is 0 Å². The molecule has 0 aromatic carbocycles. The smallest absolute Gasteiger partial charge is 0.0994 e. The molecule has 0 fully saturated rings. The molecule has 1 heterocycles. The van der Waals surface area contributed by atoms with Crippen LogP contribution in [0, 0.1) is 0 Å². The van der Waals surface area contributed by atoms with Crippen molar-refractivity contribution < 1.29 is 4.74 Å². The molecule has 15 heavy (non-hydrogen) atoms. The Balaban J connectivity index is 2.95. The summed E-state index contributed by atoms with van der Waals surface area (Å²) in [6, 6.07) is 0.262. The lowest BCUT2D eigenvalue weighted by Gasteiger charge is -2.16. The fraction of sp³-hybridized carbons (Fsp3) is 0.800. The Morgan fingerprint density at radius 3 is 2.67 bits per heavy atom. The zero-order valence-corrected chi connectivity index (χ0v) is 9.73. The van der Waals surface area contributed by atoms with Crippen LogP contribution in [0.1, 0.15) is 37.7 Å². The van der Waals surface area contributed by atoms with Gasteiger partial charge in [-0.15, -0.1) is 5.10 Å². The fourth-order valence-electron chi connectivity index (χ4n) is 1.72. The lowest BCUT2D eigenvalue weighted by Crippen LogP contribution is -2.18. The van der Waals surface area contributed by atoms with Crippen LogP contribution in [0.4, 0.5) is 0 Å². The molecule has 0 aliphatic carbocycles. The first-order valence-corrected chi connectivity index (χ1v) is 5.40. The molecule has 2 N–H and O–H groups in total. The third-order valence-electron chi connectivity index (χ3n) is 2.58. The van der Waals surface area contributed by atoms with E-state index in [-0.39, 0.29) is 6.04 Å². The van der Waals surface area contributed by atoms with Crippen LogP contribution >= 0.6 is 0 Å². The first kappa shape index (κ1) is 12.1. The Morgan fingerprint density at radius 2 is 2.20 bits per heavy atom. The molecule has 0 aliphatic heterocycles. The van der Waals surface area contributed by atoms with Crippen molar-refractivity contribution in [1.29, 1.82) is 0 Å². The summed E-state index contributed by atoms with van der Waals surface area (Å²) < 4.78 is 7.12. The summed E-state index contributed by atoms with van der Waals surface area (Å²) in [6.45, 7) is 5.32. The third kappa shape index (κ3) is 2.54. The van der Waals surface area contributed by atoms with Crippen LogP contribution in [0.3, 0.4) is 0 Å². The molecule has 1 atom stereocenters. The molecule has 5 nitrogen and oxygen atoms in total. The highest BCUT2D eigenvalue weighted by Gasteiger charge is 2.16. The van der Waals surface area contributed by atoms with Gasteiger partial charge in [-0.1, -0.05) is 19.1 Å². The summed E-state index contributed by atoms with van der Waals surface area (Å²) in [4.78, 5) is 0. The van der Waals surface area contributed by atoms with Gasteiger partial charge in [-0.05, 0) is 12.8 Å². The Labute approximate surface area is 90.6 Å². The van der Waals surface area contributed by atoms with Gasteiger partial charge in [-0.2, -0.15) is 0 Å². The third-order valence-corrected chi connectivity index (χ3v) is 2.58. The topological polar surface area (TPSA) is 66.0 Å². The molecule has 0 amide bonds. The van der Waals surface area contributed by atoms with Gasteiger partial charge in [0.2, 0.25) is 0 Å². The molecule has 0 radical (unpaired) electrons. The van der Waals surface area contributed by atoms with Gasteiger partial charge >= 0.3 is 0 Å². The van der Waals surface area contributed by atoms with Crippen molar-refractivity contribution in [3.8, 4) is 0 Å². The maximum absolute atomic E-state index is 5.61. The average Bonchev–Trinajstić information content (AvgIpc) is 2.68. The summed E-state index contributed by atoms with van der Waals surface area (Å²) in [6.07, 6.45) is 1.88. The maximum atomic E-state index is 5.61.